The van der Waals surface area contributed by atoms with Crippen molar-refractivity contribution in [2.45, 2.75) is 25.0 Å². The highest BCUT2D eigenvalue weighted by Crippen LogP contribution is 2.02. The Labute approximate surface area is 101 Å². The molecule has 0 aliphatic rings. The first kappa shape index (κ1) is 15.8. The van der Waals surface area contributed by atoms with Crippen LogP contribution in [-0.4, -0.2) is 65.8 Å². The van der Waals surface area contributed by atoms with Gasteiger partial charge < -0.3 is 26.2 Å². The Morgan fingerprint density at radius 1 is 1.47 bits per heavy atom. The van der Waals surface area contributed by atoms with E-state index in [0.717, 1.165) is 0 Å². The fourth-order valence-corrected chi connectivity index (χ4v) is 1.43. The van der Waals surface area contributed by atoms with Gasteiger partial charge in [0.15, 0.2) is 0 Å². The zero-order chi connectivity index (χ0) is 13.6. The molecule has 0 aliphatic heterocycles. The van der Waals surface area contributed by atoms with Gasteiger partial charge in [-0.1, -0.05) is 0 Å². The third kappa shape index (κ3) is 7.67. The van der Waals surface area contributed by atoms with Crippen LogP contribution >= 0.6 is 0 Å². The molecule has 0 heterocycles. The quantitative estimate of drug-likeness (QED) is 0.422. The van der Waals surface area contributed by atoms with Gasteiger partial charge in [0.1, 0.15) is 0 Å². The highest BCUT2D eigenvalue weighted by Gasteiger charge is 2.24. The third-order valence-corrected chi connectivity index (χ3v) is 2.03. The van der Waals surface area contributed by atoms with Crippen LogP contribution in [0.25, 0.3) is 0 Å². The number of aliphatic hydroxyl groups is 1. The van der Waals surface area contributed by atoms with Crippen molar-refractivity contribution < 1.29 is 19.8 Å². The standard InChI is InChI=1S/C10H21N3O4/c1-10(17,6-13(2)3)5-12-9(16)7(11)4-8(14)15/h7,17H,4-6,11H2,1-3H3,(H,12,16)(H,14,15). The van der Waals surface area contributed by atoms with E-state index in [0.29, 0.717) is 6.54 Å². The Morgan fingerprint density at radius 2 is 2.00 bits per heavy atom. The zero-order valence-corrected chi connectivity index (χ0v) is 10.4. The normalized spacial score (nSPS) is 16.4. The molecule has 0 radical (unpaired) electrons. The summed E-state index contributed by atoms with van der Waals surface area (Å²) in [5.41, 5.74) is 4.28. The van der Waals surface area contributed by atoms with E-state index in [9.17, 15) is 14.7 Å². The number of likely N-dealkylation sites (N-methyl/N-ethyl adjacent to an activating group) is 1. The molecule has 0 spiro atoms. The first-order valence-electron chi connectivity index (χ1n) is 5.26. The topological polar surface area (TPSA) is 116 Å². The van der Waals surface area contributed by atoms with Crippen molar-refractivity contribution in [1.29, 1.82) is 0 Å². The first-order valence-corrected chi connectivity index (χ1v) is 5.26. The molecule has 17 heavy (non-hydrogen) atoms. The van der Waals surface area contributed by atoms with Crippen LogP contribution in [0, 0.1) is 0 Å². The maximum absolute atomic E-state index is 11.4. The molecule has 1 amide bonds. The predicted molar refractivity (Wildman–Crippen MR) is 62.4 cm³/mol. The number of nitrogens with one attached hydrogen (secondary N) is 1. The molecule has 2 atom stereocenters. The van der Waals surface area contributed by atoms with E-state index in [1.54, 1.807) is 25.9 Å². The maximum Gasteiger partial charge on any atom is 0.305 e. The van der Waals surface area contributed by atoms with Gasteiger partial charge in [-0.15, -0.1) is 0 Å². The third-order valence-electron chi connectivity index (χ3n) is 2.03. The fourth-order valence-electron chi connectivity index (χ4n) is 1.43. The number of nitrogens with zero attached hydrogens (tertiary/aromatic N) is 1. The molecule has 0 rings (SSSR count). The molecule has 0 bridgehead atoms. The monoisotopic (exact) mass is 247 g/mol. The van der Waals surface area contributed by atoms with Gasteiger partial charge >= 0.3 is 5.97 Å². The van der Waals surface area contributed by atoms with Gasteiger partial charge in [-0.05, 0) is 21.0 Å². The molecule has 5 N–H and O–H groups in total. The van der Waals surface area contributed by atoms with Crippen LogP contribution in [0.1, 0.15) is 13.3 Å². The van der Waals surface area contributed by atoms with E-state index in [2.05, 4.69) is 5.32 Å². The minimum Gasteiger partial charge on any atom is -0.481 e. The van der Waals surface area contributed by atoms with Crippen molar-refractivity contribution in [3.63, 3.8) is 0 Å². The summed E-state index contributed by atoms with van der Waals surface area (Å²) in [4.78, 5) is 23.5. The van der Waals surface area contributed by atoms with E-state index in [-0.39, 0.29) is 6.54 Å². The average Bonchev–Trinajstić information content (AvgIpc) is 2.11. The van der Waals surface area contributed by atoms with Crippen molar-refractivity contribution >= 4 is 11.9 Å². The lowest BCUT2D eigenvalue weighted by molar-refractivity contribution is -0.139. The Kier molecular flexibility index (Phi) is 6.08. The number of hydrogen-bond acceptors (Lipinski definition) is 5. The zero-order valence-electron chi connectivity index (χ0n) is 10.4. The van der Waals surface area contributed by atoms with Crippen LogP contribution in [0.2, 0.25) is 0 Å². The van der Waals surface area contributed by atoms with E-state index in [1.807, 2.05) is 0 Å². The van der Waals surface area contributed by atoms with Crippen LogP contribution in [0.4, 0.5) is 0 Å². The number of carboxylic acid groups (broad SMARTS) is 1. The van der Waals surface area contributed by atoms with Crippen molar-refractivity contribution in [3.05, 3.63) is 0 Å². The molecule has 0 aromatic rings. The first-order chi connectivity index (χ1) is 7.64. The van der Waals surface area contributed by atoms with Crippen molar-refractivity contribution in [2.75, 3.05) is 27.2 Å². The number of nitrogens with two attached hydrogens (primary N) is 1. The molecule has 100 valence electrons. The Balaban J connectivity index is 4.10. The minimum absolute atomic E-state index is 0.0251. The van der Waals surface area contributed by atoms with Crippen LogP contribution < -0.4 is 11.1 Å². The molecule has 0 fully saturated rings. The van der Waals surface area contributed by atoms with E-state index in [4.69, 9.17) is 10.8 Å². The highest BCUT2D eigenvalue weighted by molar-refractivity contribution is 5.85. The summed E-state index contributed by atoms with van der Waals surface area (Å²) in [6.07, 6.45) is -0.429. The number of amides is 1. The molecule has 0 aromatic carbocycles. The molecule has 0 saturated heterocycles. The van der Waals surface area contributed by atoms with Crippen molar-refractivity contribution in [3.8, 4) is 0 Å². The van der Waals surface area contributed by atoms with Gasteiger partial charge in [-0.25, -0.2) is 0 Å². The van der Waals surface area contributed by atoms with E-state index in [1.165, 1.54) is 0 Å². The second-order valence-electron chi connectivity index (χ2n) is 4.66. The van der Waals surface area contributed by atoms with Gasteiger partial charge in [0.05, 0.1) is 18.1 Å². The molecule has 2 unspecified atom stereocenters. The lowest BCUT2D eigenvalue weighted by atomic mass is 10.1. The summed E-state index contributed by atoms with van der Waals surface area (Å²) in [7, 11) is 3.60. The van der Waals surface area contributed by atoms with E-state index >= 15 is 0 Å². The number of aliphatic carboxylic acids is 1. The second kappa shape index (κ2) is 6.53. The molecule has 7 nitrogen and oxygen atoms in total. The van der Waals surface area contributed by atoms with Crippen molar-refractivity contribution in [2.24, 2.45) is 5.73 Å². The summed E-state index contributed by atoms with van der Waals surface area (Å²) in [5.74, 6) is -1.71. The molecule has 0 aromatic heterocycles. The SMILES string of the molecule is CN(C)CC(C)(O)CNC(=O)C(N)CC(=O)O. The van der Waals surface area contributed by atoms with Gasteiger partial charge in [0.2, 0.25) is 5.91 Å². The summed E-state index contributed by atoms with van der Waals surface area (Å²) in [6.45, 7) is 1.98. The summed E-state index contributed by atoms with van der Waals surface area (Å²) >= 11 is 0. The Bertz CT molecular complexity index is 279. The van der Waals surface area contributed by atoms with Crippen LogP contribution in [-0.2, 0) is 9.59 Å². The number of carboxylic acids is 1. The number of hydrogen-bond donors (Lipinski definition) is 4. The fraction of sp³-hybridized carbons (Fsp3) is 0.800. The maximum atomic E-state index is 11.4. The lowest BCUT2D eigenvalue weighted by Gasteiger charge is -2.27. The Hall–Kier alpha value is -1.18. The van der Waals surface area contributed by atoms with E-state index < -0.39 is 29.9 Å². The largest absolute Gasteiger partial charge is 0.481 e. The lowest BCUT2D eigenvalue weighted by Crippen LogP contribution is -2.51. The predicted octanol–water partition coefficient (Wildman–Crippen LogP) is -1.78. The van der Waals surface area contributed by atoms with Crippen LogP contribution in [0.3, 0.4) is 0 Å². The summed E-state index contributed by atoms with van der Waals surface area (Å²) in [6, 6.07) is -1.09. The van der Waals surface area contributed by atoms with Crippen molar-refractivity contribution in [1.82, 2.24) is 10.2 Å². The highest BCUT2D eigenvalue weighted by atomic mass is 16.4. The van der Waals surface area contributed by atoms with Gasteiger partial charge in [-0.3, -0.25) is 9.59 Å². The van der Waals surface area contributed by atoms with Gasteiger partial charge in [0, 0.05) is 13.1 Å². The van der Waals surface area contributed by atoms with Crippen LogP contribution in [0.15, 0.2) is 0 Å². The molecule has 7 heteroatoms. The molecule has 0 aliphatic carbocycles. The summed E-state index contributed by atoms with van der Waals surface area (Å²) < 4.78 is 0. The minimum atomic E-state index is -1.13. The molecular weight excluding hydrogens is 226 g/mol. The molecular formula is C10H21N3O4. The van der Waals surface area contributed by atoms with Crippen LogP contribution in [0.5, 0.6) is 0 Å². The van der Waals surface area contributed by atoms with Gasteiger partial charge in [0.25, 0.3) is 0 Å². The number of rotatable bonds is 7. The molecule has 0 saturated carbocycles. The Morgan fingerprint density at radius 3 is 2.41 bits per heavy atom. The second-order valence-corrected chi connectivity index (χ2v) is 4.66. The average molecular weight is 247 g/mol. The number of carbonyl (C=O) groups excluding carboxylic acids is 1. The summed E-state index contributed by atoms with van der Waals surface area (Å²) in [5, 5.41) is 20.8. The van der Waals surface area contributed by atoms with Gasteiger partial charge in [-0.2, -0.15) is 0 Å². The smallest absolute Gasteiger partial charge is 0.305 e. The number of carbonyl (C=O) groups is 2.